The molecule has 0 saturated heterocycles. The number of allylic oxidation sites excluding steroid dienone is 1. The molecule has 0 aliphatic rings. The number of carbonyl (C=O) groups excluding carboxylic acids is 1. The van der Waals surface area contributed by atoms with Crippen LogP contribution in [0.2, 0.25) is 0 Å². The van der Waals surface area contributed by atoms with E-state index in [2.05, 4.69) is 0 Å². The van der Waals surface area contributed by atoms with E-state index in [1.165, 1.54) is 0 Å². The summed E-state index contributed by atoms with van der Waals surface area (Å²) in [6.45, 7) is 3.72. The summed E-state index contributed by atoms with van der Waals surface area (Å²) in [4.78, 5) is 12.1. The zero-order valence-corrected chi connectivity index (χ0v) is 7.47. The number of aliphatic carboxylic acids is 1. The minimum absolute atomic E-state index is 0.285. The van der Waals surface area contributed by atoms with E-state index < -0.39 is 5.97 Å². The molecule has 0 atom stereocenters. The molecule has 0 aromatic heterocycles. The summed E-state index contributed by atoms with van der Waals surface area (Å²) in [7, 11) is 3.40. The lowest BCUT2D eigenvalue weighted by Gasteiger charge is -2.20. The number of hydrogen-bond acceptors (Lipinski definition) is 3. The van der Waals surface area contributed by atoms with Gasteiger partial charge in [0.2, 0.25) is 0 Å². The summed E-state index contributed by atoms with van der Waals surface area (Å²) in [5.74, 6) is -1.10. The van der Waals surface area contributed by atoms with Crippen LogP contribution in [0.15, 0.2) is 11.3 Å². The molecule has 0 aliphatic heterocycles. The Hall–Kier alpha value is -0.990. The zero-order chi connectivity index (χ0) is 9.02. The molecule has 11 heavy (non-hydrogen) atoms. The maximum Gasteiger partial charge on any atom is 0.0876 e. The maximum absolute atomic E-state index is 10.5. The van der Waals surface area contributed by atoms with E-state index in [9.17, 15) is 9.90 Å². The lowest BCUT2D eigenvalue weighted by molar-refractivity contribution is -0.301. The molecular weight excluding hydrogens is 142 g/mol. The van der Waals surface area contributed by atoms with Crippen molar-refractivity contribution < 1.29 is 9.90 Å². The van der Waals surface area contributed by atoms with Gasteiger partial charge in [-0.25, -0.2) is 0 Å². The number of carboxylic acid groups (broad SMARTS) is 1. The van der Waals surface area contributed by atoms with E-state index >= 15 is 0 Å². The van der Waals surface area contributed by atoms with Crippen molar-refractivity contribution in [1.82, 2.24) is 4.90 Å². The van der Waals surface area contributed by atoms with Crippen molar-refractivity contribution in [3.8, 4) is 0 Å². The van der Waals surface area contributed by atoms with Crippen LogP contribution in [-0.2, 0) is 4.79 Å². The Morgan fingerprint density at radius 1 is 1.45 bits per heavy atom. The van der Waals surface area contributed by atoms with E-state index in [-0.39, 0.29) is 5.70 Å². The maximum atomic E-state index is 10.5. The Balaban J connectivity index is 4.73. The van der Waals surface area contributed by atoms with Crippen molar-refractivity contribution in [1.29, 1.82) is 0 Å². The summed E-state index contributed by atoms with van der Waals surface area (Å²) in [5.41, 5.74) is 1.13. The first-order chi connectivity index (χ1) is 5.00. The summed E-state index contributed by atoms with van der Waals surface area (Å²) in [5, 5.41) is 10.5. The fourth-order valence-corrected chi connectivity index (χ4v) is 0.906. The van der Waals surface area contributed by atoms with E-state index in [1.807, 2.05) is 6.92 Å². The van der Waals surface area contributed by atoms with Crippen LogP contribution in [0.5, 0.6) is 0 Å². The lowest BCUT2D eigenvalue weighted by atomic mass is 10.2. The summed E-state index contributed by atoms with van der Waals surface area (Å²) < 4.78 is 0. The smallest absolute Gasteiger partial charge is 0.0876 e. The number of carboxylic acids is 1. The molecule has 0 amide bonds. The van der Waals surface area contributed by atoms with Gasteiger partial charge in [0, 0.05) is 14.1 Å². The van der Waals surface area contributed by atoms with Gasteiger partial charge in [0.05, 0.1) is 11.7 Å². The van der Waals surface area contributed by atoms with Crippen molar-refractivity contribution in [3.63, 3.8) is 0 Å². The highest BCUT2D eigenvalue weighted by molar-refractivity contribution is 5.84. The third-order valence-electron chi connectivity index (χ3n) is 1.58. The van der Waals surface area contributed by atoms with Gasteiger partial charge < -0.3 is 14.8 Å². The molecule has 0 unspecified atom stereocenters. The van der Waals surface area contributed by atoms with E-state index in [0.717, 1.165) is 12.0 Å². The Bertz CT molecular complexity index is 183. The van der Waals surface area contributed by atoms with E-state index in [1.54, 1.807) is 25.9 Å². The summed E-state index contributed by atoms with van der Waals surface area (Å²) in [6.07, 6.45) is 0.738. The highest BCUT2D eigenvalue weighted by Gasteiger charge is 2.03. The van der Waals surface area contributed by atoms with Crippen LogP contribution < -0.4 is 5.11 Å². The quantitative estimate of drug-likeness (QED) is 0.539. The van der Waals surface area contributed by atoms with Gasteiger partial charge in [-0.1, -0.05) is 6.92 Å². The molecule has 0 radical (unpaired) electrons. The third-order valence-corrected chi connectivity index (χ3v) is 1.58. The van der Waals surface area contributed by atoms with Gasteiger partial charge >= 0.3 is 0 Å². The zero-order valence-electron chi connectivity index (χ0n) is 7.47. The van der Waals surface area contributed by atoms with Crippen molar-refractivity contribution in [2.75, 3.05) is 14.1 Å². The first-order valence-corrected chi connectivity index (χ1v) is 3.59. The standard InChI is InChI=1S/C8H15NO2/c1-5-6(2)7(8(10)11)9(3)4/h5H2,1-4H3,(H,10,11)/p-1/b7-6+. The number of rotatable bonds is 3. The van der Waals surface area contributed by atoms with Crippen molar-refractivity contribution in [3.05, 3.63) is 11.3 Å². The number of hydrogen-bond donors (Lipinski definition) is 0. The fraction of sp³-hybridized carbons (Fsp3) is 0.625. The van der Waals surface area contributed by atoms with Crippen molar-refractivity contribution in [2.45, 2.75) is 20.3 Å². The van der Waals surface area contributed by atoms with Gasteiger partial charge in [0.1, 0.15) is 0 Å². The predicted octanol–water partition coefficient (Wildman–Crippen LogP) is -0.0181. The number of carbonyl (C=O) groups is 1. The minimum Gasteiger partial charge on any atom is -0.543 e. The molecule has 0 fully saturated rings. The van der Waals surface area contributed by atoms with Gasteiger partial charge in [-0.2, -0.15) is 0 Å². The average molecular weight is 156 g/mol. The Labute approximate surface area is 67.3 Å². The molecule has 0 heterocycles. The van der Waals surface area contributed by atoms with Crippen LogP contribution in [0.4, 0.5) is 0 Å². The minimum atomic E-state index is -1.10. The van der Waals surface area contributed by atoms with Crippen LogP contribution in [0, 0.1) is 0 Å². The topological polar surface area (TPSA) is 43.4 Å². The highest BCUT2D eigenvalue weighted by Crippen LogP contribution is 2.08. The second-order valence-corrected chi connectivity index (χ2v) is 2.66. The molecule has 0 spiro atoms. The van der Waals surface area contributed by atoms with Crippen LogP contribution in [0.3, 0.4) is 0 Å². The second-order valence-electron chi connectivity index (χ2n) is 2.66. The largest absolute Gasteiger partial charge is 0.543 e. The average Bonchev–Trinajstić information content (AvgIpc) is 1.85. The molecule has 64 valence electrons. The predicted molar refractivity (Wildman–Crippen MR) is 41.7 cm³/mol. The van der Waals surface area contributed by atoms with Gasteiger partial charge in [-0.15, -0.1) is 0 Å². The Morgan fingerprint density at radius 2 is 1.91 bits per heavy atom. The third kappa shape index (κ3) is 2.62. The SMILES string of the molecule is CC/C(C)=C(\C(=O)[O-])N(C)C. The van der Waals surface area contributed by atoms with Gasteiger partial charge in [-0.05, 0) is 18.9 Å². The first-order valence-electron chi connectivity index (χ1n) is 3.59. The van der Waals surface area contributed by atoms with Gasteiger partial charge in [0.25, 0.3) is 0 Å². The Morgan fingerprint density at radius 3 is 2.00 bits per heavy atom. The summed E-state index contributed by atoms with van der Waals surface area (Å²) >= 11 is 0. The van der Waals surface area contributed by atoms with Crippen LogP contribution in [0.1, 0.15) is 20.3 Å². The first kappa shape index (κ1) is 10.0. The molecule has 3 heteroatoms. The summed E-state index contributed by atoms with van der Waals surface area (Å²) in [6, 6.07) is 0. The van der Waals surface area contributed by atoms with Crippen molar-refractivity contribution >= 4 is 5.97 Å². The molecule has 0 aliphatic carbocycles. The second kappa shape index (κ2) is 4.01. The van der Waals surface area contributed by atoms with E-state index in [4.69, 9.17) is 0 Å². The Kier molecular flexibility index (Phi) is 3.65. The molecular formula is C8H14NO2-. The normalized spacial score (nSPS) is 12.4. The van der Waals surface area contributed by atoms with Gasteiger partial charge in [-0.3, -0.25) is 0 Å². The molecule has 0 bridgehead atoms. The van der Waals surface area contributed by atoms with E-state index in [0.29, 0.717) is 0 Å². The lowest BCUT2D eigenvalue weighted by Crippen LogP contribution is -2.32. The number of likely N-dealkylation sites (N-methyl/N-ethyl adjacent to an activating group) is 1. The van der Waals surface area contributed by atoms with Crippen LogP contribution in [0.25, 0.3) is 0 Å². The van der Waals surface area contributed by atoms with Crippen molar-refractivity contribution in [2.24, 2.45) is 0 Å². The molecule has 0 rings (SSSR count). The molecule has 0 aromatic carbocycles. The monoisotopic (exact) mass is 156 g/mol. The molecule has 0 saturated carbocycles. The molecule has 3 nitrogen and oxygen atoms in total. The molecule has 0 N–H and O–H groups in total. The van der Waals surface area contributed by atoms with Gasteiger partial charge in [0.15, 0.2) is 0 Å². The fourth-order valence-electron chi connectivity index (χ4n) is 0.906. The van der Waals surface area contributed by atoms with Crippen LogP contribution >= 0.6 is 0 Å². The molecule has 0 aromatic rings. The van der Waals surface area contributed by atoms with Crippen LogP contribution in [-0.4, -0.2) is 25.0 Å². The highest BCUT2D eigenvalue weighted by atomic mass is 16.4. The number of nitrogens with zero attached hydrogens (tertiary/aromatic N) is 1.